The molecule has 59 heavy (non-hydrogen) atoms. The number of hydrogen-bond acceptors (Lipinski definition) is 3. The molecule has 23 heteroatoms. The van der Waals surface area contributed by atoms with E-state index in [0.717, 1.165) is 36.4 Å². The Morgan fingerprint density at radius 2 is 0.983 bits per heavy atom. The van der Waals surface area contributed by atoms with Gasteiger partial charge in [-0.15, -0.1) is 0 Å². The van der Waals surface area contributed by atoms with E-state index in [9.17, 15) is 93.7 Å². The number of carbonyl (C=O) groups is 2. The lowest BCUT2D eigenvalue weighted by molar-refractivity contribution is -0.396. The van der Waals surface area contributed by atoms with E-state index in [1.54, 1.807) is 18.2 Å². The average Bonchev–Trinajstić information content (AvgIpc) is 3.43. The number of aryl methyl sites for hydroxylation is 2. The van der Waals surface area contributed by atoms with Crippen LogP contribution in [-0.2, 0) is 28.8 Å². The van der Waals surface area contributed by atoms with Gasteiger partial charge in [-0.2, -0.15) is 79.0 Å². The third kappa shape index (κ3) is 9.02. The molecule has 0 radical (unpaired) electrons. The second kappa shape index (κ2) is 16.0. The molecule has 0 heterocycles. The molecule has 1 aliphatic carbocycles. The number of hydrogen-bond donors (Lipinski definition) is 2. The fraction of sp³-hybridized carbons (Fsp3) is 0.444. The van der Waals surface area contributed by atoms with Crippen LogP contribution >= 0.6 is 0 Å². The Balaban J connectivity index is 1.65. The molecule has 5 nitrogen and oxygen atoms in total. The molecule has 0 aliphatic heterocycles. The van der Waals surface area contributed by atoms with Crippen LogP contribution in [0.4, 0.5) is 83.8 Å². The lowest BCUT2D eigenvalue weighted by atomic mass is 9.92. The minimum atomic E-state index is -7.16. The predicted octanol–water partition coefficient (Wildman–Crippen LogP) is 11.0. The molecule has 3 aromatic carbocycles. The number of ether oxygens (including phenoxy) is 1. The standard InChI is InChI=1S/C36H27F18NO4/c37-29(38,31(41,42)33(45,46)35(49,50)51)12-10-19-6-8-21-22-9-7-20(11-13-30(39,40)32(43,44)34(47,48)36(52,53)54)15-24(22)25(23(21)14-19)17-59-28(58)55-26(27(56)57)16-18-4-2-1-3-5-18/h1-9,14-15,25-26H,10-13,16-17H2,(H,55,58)(H,56,57)/t26-/m0/s1. The monoisotopic (exact) mass is 879 g/mol. The smallest absolute Gasteiger partial charge is 0.460 e. The third-order valence-electron chi connectivity index (χ3n) is 9.40. The van der Waals surface area contributed by atoms with Crippen molar-refractivity contribution in [3.8, 4) is 11.1 Å². The van der Waals surface area contributed by atoms with Crippen LogP contribution in [0.1, 0.15) is 46.6 Å². The van der Waals surface area contributed by atoms with Crippen molar-refractivity contribution in [1.82, 2.24) is 5.32 Å². The van der Waals surface area contributed by atoms with E-state index in [1.165, 1.54) is 12.1 Å². The maximum Gasteiger partial charge on any atom is 0.460 e. The Labute approximate surface area is 320 Å². The van der Waals surface area contributed by atoms with Crippen molar-refractivity contribution in [2.75, 3.05) is 6.61 Å². The first-order valence-electron chi connectivity index (χ1n) is 16.7. The SMILES string of the molecule is O=C(N[C@@H](Cc1ccccc1)C(=O)O)OCC1c2cc(CCC(F)(F)C(F)(F)C(F)(F)C(F)(F)F)ccc2-c2ccc(CCC(F)(F)C(F)(F)C(F)(F)C(F)(F)F)cc21. The molecule has 0 bridgehead atoms. The molecule has 0 saturated carbocycles. The summed E-state index contributed by atoms with van der Waals surface area (Å²) in [6.07, 6.45) is -23.0. The number of nitrogens with one attached hydrogen (secondary N) is 1. The molecule has 0 saturated heterocycles. The number of aliphatic carboxylic acids is 1. The van der Waals surface area contributed by atoms with Crippen LogP contribution in [0.2, 0.25) is 0 Å². The van der Waals surface area contributed by atoms with Crippen molar-refractivity contribution in [3.63, 3.8) is 0 Å². The number of amides is 1. The molecule has 0 unspecified atom stereocenters. The van der Waals surface area contributed by atoms with Gasteiger partial charge in [-0.05, 0) is 51.8 Å². The van der Waals surface area contributed by atoms with Crippen molar-refractivity contribution in [2.45, 2.75) is 92.0 Å². The van der Waals surface area contributed by atoms with E-state index in [2.05, 4.69) is 5.32 Å². The first kappa shape index (κ1) is 46.8. The lowest BCUT2D eigenvalue weighted by Crippen LogP contribution is -2.60. The number of carboxylic acid groups (broad SMARTS) is 1. The lowest BCUT2D eigenvalue weighted by Gasteiger charge is -2.33. The van der Waals surface area contributed by atoms with E-state index >= 15 is 0 Å². The average molecular weight is 880 g/mol. The van der Waals surface area contributed by atoms with Gasteiger partial charge >= 0.3 is 60.0 Å². The van der Waals surface area contributed by atoms with Gasteiger partial charge in [0.05, 0.1) is 0 Å². The highest BCUT2D eigenvalue weighted by Crippen LogP contribution is 2.56. The quantitative estimate of drug-likeness (QED) is 0.141. The summed E-state index contributed by atoms with van der Waals surface area (Å²) < 4.78 is 248. The van der Waals surface area contributed by atoms with Gasteiger partial charge in [0.15, 0.2) is 0 Å². The molecular formula is C36H27F18NO4. The largest absolute Gasteiger partial charge is 0.480 e. The number of carbonyl (C=O) groups excluding carboxylic acids is 1. The van der Waals surface area contributed by atoms with E-state index in [0.29, 0.717) is 5.56 Å². The number of alkyl carbamates (subject to hydrolysis) is 1. The minimum Gasteiger partial charge on any atom is -0.480 e. The molecule has 1 amide bonds. The van der Waals surface area contributed by atoms with E-state index < -0.39 is 115 Å². The molecule has 0 aromatic heterocycles. The summed E-state index contributed by atoms with van der Waals surface area (Å²) in [6, 6.07) is 12.1. The molecule has 3 aromatic rings. The zero-order valence-electron chi connectivity index (χ0n) is 29.2. The summed E-state index contributed by atoms with van der Waals surface area (Å²) in [5.41, 5.74) is -0.373. The van der Waals surface area contributed by atoms with Crippen molar-refractivity contribution < 1.29 is 98.5 Å². The maximum absolute atomic E-state index is 14.4. The molecule has 0 fully saturated rings. The third-order valence-corrected chi connectivity index (χ3v) is 9.40. The summed E-state index contributed by atoms with van der Waals surface area (Å²) in [4.78, 5) is 24.6. The molecule has 0 spiro atoms. The number of fused-ring (bicyclic) bond motifs is 3. The number of carboxylic acids is 1. The Hall–Kier alpha value is -4.86. The molecule has 326 valence electrons. The first-order chi connectivity index (χ1) is 26.8. The summed E-state index contributed by atoms with van der Waals surface area (Å²) in [6.45, 7) is -0.867. The van der Waals surface area contributed by atoms with Crippen LogP contribution in [0.15, 0.2) is 66.7 Å². The topological polar surface area (TPSA) is 75.6 Å². The number of rotatable bonds is 16. The normalized spacial score (nSPS) is 15.1. The number of halogens is 18. The van der Waals surface area contributed by atoms with E-state index in [4.69, 9.17) is 4.74 Å². The molecule has 1 aliphatic rings. The van der Waals surface area contributed by atoms with Crippen molar-refractivity contribution in [2.24, 2.45) is 0 Å². The van der Waals surface area contributed by atoms with Crippen LogP contribution < -0.4 is 5.32 Å². The van der Waals surface area contributed by atoms with Gasteiger partial charge in [0.25, 0.3) is 0 Å². The maximum atomic E-state index is 14.4. The summed E-state index contributed by atoms with van der Waals surface area (Å²) in [5.74, 6) is -43.0. The molecule has 1 atom stereocenters. The molecular weight excluding hydrogens is 852 g/mol. The fourth-order valence-electron chi connectivity index (χ4n) is 6.07. The van der Waals surface area contributed by atoms with Crippen molar-refractivity contribution in [1.29, 1.82) is 0 Å². The number of alkyl halides is 18. The molecule has 2 N–H and O–H groups in total. The van der Waals surface area contributed by atoms with Crippen LogP contribution in [0.3, 0.4) is 0 Å². The highest BCUT2D eigenvalue weighted by molar-refractivity contribution is 5.81. The summed E-state index contributed by atoms with van der Waals surface area (Å²) in [7, 11) is 0. The minimum absolute atomic E-state index is 0.0826. The van der Waals surface area contributed by atoms with E-state index in [-0.39, 0.29) is 28.7 Å². The van der Waals surface area contributed by atoms with Crippen LogP contribution in [0, 0.1) is 0 Å². The van der Waals surface area contributed by atoms with Crippen LogP contribution in [0.25, 0.3) is 11.1 Å². The Morgan fingerprint density at radius 1 is 0.576 bits per heavy atom. The van der Waals surface area contributed by atoms with Gasteiger partial charge in [-0.25, -0.2) is 9.59 Å². The second-order valence-corrected chi connectivity index (χ2v) is 13.4. The van der Waals surface area contributed by atoms with Gasteiger partial charge in [0.1, 0.15) is 12.6 Å². The van der Waals surface area contributed by atoms with Crippen molar-refractivity contribution in [3.05, 3.63) is 94.5 Å². The summed E-state index contributed by atoms with van der Waals surface area (Å²) in [5, 5.41) is 11.7. The van der Waals surface area contributed by atoms with Crippen molar-refractivity contribution >= 4 is 12.1 Å². The first-order valence-corrected chi connectivity index (χ1v) is 16.7. The fourth-order valence-corrected chi connectivity index (χ4v) is 6.07. The zero-order valence-corrected chi connectivity index (χ0v) is 29.2. The highest BCUT2D eigenvalue weighted by Gasteiger charge is 2.82. The van der Waals surface area contributed by atoms with Gasteiger partial charge in [-0.3, -0.25) is 0 Å². The number of benzene rings is 3. The predicted molar refractivity (Wildman–Crippen MR) is 168 cm³/mol. The van der Waals surface area contributed by atoms with E-state index in [1.807, 2.05) is 0 Å². The van der Waals surface area contributed by atoms with Gasteiger partial charge < -0.3 is 15.2 Å². The Kier molecular flexibility index (Phi) is 12.7. The van der Waals surface area contributed by atoms with Gasteiger partial charge in [-0.1, -0.05) is 66.7 Å². The highest BCUT2D eigenvalue weighted by atomic mass is 19.4. The van der Waals surface area contributed by atoms with Gasteiger partial charge in [0.2, 0.25) is 0 Å². The van der Waals surface area contributed by atoms with Crippen LogP contribution in [0.5, 0.6) is 0 Å². The molecule has 4 rings (SSSR count). The zero-order chi connectivity index (χ0) is 44.8. The Bertz CT molecular complexity index is 1890. The van der Waals surface area contributed by atoms with Gasteiger partial charge in [0, 0.05) is 25.2 Å². The summed E-state index contributed by atoms with van der Waals surface area (Å²) >= 11 is 0. The Morgan fingerprint density at radius 3 is 1.36 bits per heavy atom. The van der Waals surface area contributed by atoms with Crippen LogP contribution in [-0.4, -0.2) is 77.7 Å². The second-order valence-electron chi connectivity index (χ2n) is 13.4.